The monoisotopic (exact) mass is 562 g/mol. The number of hydrogen-bond acceptors (Lipinski definition) is 5. The lowest BCUT2D eigenvalue weighted by Gasteiger charge is -2.16. The average molecular weight is 563 g/mol. The van der Waals surface area contributed by atoms with Gasteiger partial charge in [0.2, 0.25) is 0 Å². The largest absolute Gasteiger partial charge is 0.491 e. The summed E-state index contributed by atoms with van der Waals surface area (Å²) in [5.74, 6) is -2.16. The van der Waals surface area contributed by atoms with Crippen molar-refractivity contribution in [2.45, 2.75) is 32.0 Å². The minimum atomic E-state index is -5.27. The van der Waals surface area contributed by atoms with Crippen LogP contribution < -0.4 is 16.0 Å². The molecular weight excluding hydrogens is 537 g/mol. The van der Waals surface area contributed by atoms with Crippen LogP contribution in [0.15, 0.2) is 94.6 Å². The minimum absolute atomic E-state index is 0.0643. The van der Waals surface area contributed by atoms with Crippen molar-refractivity contribution in [2.24, 2.45) is 7.05 Å². The molecule has 210 valence electrons. The highest BCUT2D eigenvalue weighted by molar-refractivity contribution is 5.89. The van der Waals surface area contributed by atoms with Gasteiger partial charge in [-0.15, -0.1) is 0 Å². The molecule has 0 spiro atoms. The second-order valence-electron chi connectivity index (χ2n) is 9.44. The molecule has 2 aromatic heterocycles. The quantitative estimate of drug-likeness (QED) is 0.204. The number of fused-ring (bicyclic) bond motifs is 1. The zero-order chi connectivity index (χ0) is 29.1. The van der Waals surface area contributed by atoms with Gasteiger partial charge in [0.1, 0.15) is 17.0 Å². The number of carbonyl (C=O) groups is 1. The normalized spacial score (nSPS) is 11.6. The van der Waals surface area contributed by atoms with E-state index in [1.54, 1.807) is 24.4 Å². The number of esters is 1. The van der Waals surface area contributed by atoms with Crippen molar-refractivity contribution in [2.75, 3.05) is 0 Å². The van der Waals surface area contributed by atoms with Crippen LogP contribution in [0, 0.1) is 0 Å². The fraction of sp³-hybridized carbons (Fsp3) is 0.200. The maximum Gasteiger partial charge on any atom is 0.491 e. The molecule has 3 aromatic carbocycles. The fourth-order valence-electron chi connectivity index (χ4n) is 4.73. The molecule has 0 radical (unpaired) electrons. The molecule has 5 rings (SSSR count). The Balaban J connectivity index is 1.51. The lowest BCUT2D eigenvalue weighted by Crippen LogP contribution is -2.39. The van der Waals surface area contributed by atoms with Gasteiger partial charge in [-0.25, -0.2) is 19.1 Å². The molecule has 2 heterocycles. The number of halogens is 3. The number of aromatic nitrogens is 4. The van der Waals surface area contributed by atoms with Crippen molar-refractivity contribution in [3.63, 3.8) is 0 Å². The van der Waals surface area contributed by atoms with E-state index < -0.39 is 29.1 Å². The average Bonchev–Trinajstić information content (AvgIpc) is 3.29. The molecule has 0 amide bonds. The molecule has 8 nitrogen and oxygen atoms in total. The summed E-state index contributed by atoms with van der Waals surface area (Å²) >= 11 is 0. The molecule has 0 N–H and O–H groups in total. The topological polar surface area (TPSA) is 88.1 Å². The second kappa shape index (κ2) is 11.3. The van der Waals surface area contributed by atoms with Crippen molar-refractivity contribution in [1.82, 2.24) is 18.7 Å². The predicted molar refractivity (Wildman–Crippen MR) is 146 cm³/mol. The van der Waals surface area contributed by atoms with Gasteiger partial charge in [0, 0.05) is 31.9 Å². The van der Waals surface area contributed by atoms with Gasteiger partial charge in [0.25, 0.3) is 5.56 Å². The van der Waals surface area contributed by atoms with Crippen LogP contribution in [0.25, 0.3) is 16.6 Å². The molecule has 0 aliphatic rings. The molecule has 0 aliphatic carbocycles. The Kier molecular flexibility index (Phi) is 7.60. The number of imidazole rings is 1. The molecule has 0 saturated heterocycles. The van der Waals surface area contributed by atoms with E-state index in [0.717, 1.165) is 27.7 Å². The first-order valence-corrected chi connectivity index (χ1v) is 12.8. The van der Waals surface area contributed by atoms with E-state index in [1.165, 1.54) is 28.8 Å². The molecule has 0 saturated carbocycles. The highest BCUT2D eigenvalue weighted by Crippen LogP contribution is 2.26. The maximum atomic E-state index is 13.6. The number of benzene rings is 3. The number of hydrogen-bond donors (Lipinski definition) is 0. The SMILES string of the molecule is Cn1c(CCCn2c(=O)n(-c3ccccc3)c(=O)c3c(OC(=O)C(F)(F)F)cccc32)cnc1Cc1ccccc1. The van der Waals surface area contributed by atoms with Gasteiger partial charge < -0.3 is 9.30 Å². The fourth-order valence-corrected chi connectivity index (χ4v) is 4.73. The third-order valence-electron chi connectivity index (χ3n) is 6.78. The molecule has 0 fully saturated rings. The summed E-state index contributed by atoms with van der Waals surface area (Å²) in [7, 11) is 1.92. The van der Waals surface area contributed by atoms with Crippen LogP contribution in [0.1, 0.15) is 23.5 Å². The van der Waals surface area contributed by atoms with E-state index in [-0.39, 0.29) is 23.1 Å². The summed E-state index contributed by atoms with van der Waals surface area (Å²) in [6, 6.07) is 21.8. The molecular formula is C30H25F3N4O4. The van der Waals surface area contributed by atoms with Crippen LogP contribution in [-0.2, 0) is 31.2 Å². The van der Waals surface area contributed by atoms with Crippen LogP contribution in [-0.4, -0.2) is 30.8 Å². The standard InChI is InChI=1S/C30H25F3N4O4/c1-35-22(19-34-25(35)18-20-10-4-2-5-11-20)14-9-17-36-23-15-8-16-24(41-28(39)30(31,32)33)26(23)27(38)37(29(36)40)21-12-6-3-7-13-21/h2-8,10-13,15-16,19H,9,14,17-18H2,1H3. The molecule has 0 bridgehead atoms. The number of para-hydroxylation sites is 1. The first-order chi connectivity index (χ1) is 19.6. The van der Waals surface area contributed by atoms with Gasteiger partial charge >= 0.3 is 17.8 Å². The van der Waals surface area contributed by atoms with Gasteiger partial charge in [-0.05, 0) is 42.7 Å². The number of nitrogens with zero attached hydrogens (tertiary/aromatic N) is 4. The molecule has 5 aromatic rings. The smallest absolute Gasteiger partial charge is 0.419 e. The van der Waals surface area contributed by atoms with E-state index in [1.807, 2.05) is 41.9 Å². The zero-order valence-corrected chi connectivity index (χ0v) is 22.0. The summed E-state index contributed by atoms with van der Waals surface area (Å²) in [6.45, 7) is 0.137. The Morgan fingerprint density at radius 2 is 1.61 bits per heavy atom. The Labute approximate surface area is 231 Å². The van der Waals surface area contributed by atoms with Crippen LogP contribution in [0.5, 0.6) is 5.75 Å². The third kappa shape index (κ3) is 5.69. The number of alkyl halides is 3. The van der Waals surface area contributed by atoms with Crippen LogP contribution in [0.3, 0.4) is 0 Å². The van der Waals surface area contributed by atoms with Crippen molar-refractivity contribution in [3.05, 3.63) is 123 Å². The second-order valence-corrected chi connectivity index (χ2v) is 9.44. The molecule has 0 atom stereocenters. The van der Waals surface area contributed by atoms with Gasteiger partial charge in [-0.1, -0.05) is 54.6 Å². The lowest BCUT2D eigenvalue weighted by molar-refractivity contribution is -0.189. The van der Waals surface area contributed by atoms with E-state index in [0.29, 0.717) is 19.3 Å². The highest BCUT2D eigenvalue weighted by atomic mass is 19.4. The first kappa shape index (κ1) is 27.6. The van der Waals surface area contributed by atoms with Crippen LogP contribution in [0.4, 0.5) is 13.2 Å². The van der Waals surface area contributed by atoms with Crippen LogP contribution in [0.2, 0.25) is 0 Å². The van der Waals surface area contributed by atoms with Gasteiger partial charge in [0.05, 0.1) is 11.2 Å². The summed E-state index contributed by atoms with van der Waals surface area (Å²) in [5, 5.41) is -0.306. The first-order valence-electron chi connectivity index (χ1n) is 12.8. The minimum Gasteiger partial charge on any atom is -0.419 e. The predicted octanol–water partition coefficient (Wildman–Crippen LogP) is 4.58. The van der Waals surface area contributed by atoms with Crippen molar-refractivity contribution >= 4 is 16.9 Å². The number of rotatable bonds is 8. The number of aryl methyl sites for hydroxylation is 2. The van der Waals surface area contributed by atoms with Crippen molar-refractivity contribution in [3.8, 4) is 11.4 Å². The van der Waals surface area contributed by atoms with Crippen molar-refractivity contribution < 1.29 is 22.7 Å². The molecule has 11 heteroatoms. The number of ether oxygens (including phenoxy) is 1. The maximum absolute atomic E-state index is 13.6. The molecule has 0 aliphatic heterocycles. The van der Waals surface area contributed by atoms with Gasteiger partial charge in [0.15, 0.2) is 0 Å². The lowest BCUT2D eigenvalue weighted by atomic mass is 10.1. The van der Waals surface area contributed by atoms with E-state index in [2.05, 4.69) is 9.72 Å². The Morgan fingerprint density at radius 3 is 2.29 bits per heavy atom. The summed E-state index contributed by atoms with van der Waals surface area (Å²) in [5.41, 5.74) is 0.792. The highest BCUT2D eigenvalue weighted by Gasteiger charge is 2.41. The van der Waals surface area contributed by atoms with E-state index >= 15 is 0 Å². The number of carbonyl (C=O) groups excluding carboxylic acids is 1. The Hall–Kier alpha value is -4.93. The Bertz CT molecular complexity index is 1820. The van der Waals surface area contributed by atoms with Crippen LogP contribution >= 0.6 is 0 Å². The zero-order valence-electron chi connectivity index (χ0n) is 22.0. The van der Waals surface area contributed by atoms with E-state index in [9.17, 15) is 27.6 Å². The molecule has 0 unspecified atom stereocenters. The third-order valence-corrected chi connectivity index (χ3v) is 6.78. The Morgan fingerprint density at radius 1 is 0.927 bits per heavy atom. The van der Waals surface area contributed by atoms with E-state index in [4.69, 9.17) is 0 Å². The summed E-state index contributed by atoms with van der Waals surface area (Å²) in [4.78, 5) is 43.3. The summed E-state index contributed by atoms with van der Waals surface area (Å²) in [6.07, 6.45) is -1.84. The summed E-state index contributed by atoms with van der Waals surface area (Å²) < 4.78 is 47.7. The van der Waals surface area contributed by atoms with Gasteiger partial charge in [-0.3, -0.25) is 9.36 Å². The van der Waals surface area contributed by atoms with Gasteiger partial charge in [-0.2, -0.15) is 13.2 Å². The molecule has 41 heavy (non-hydrogen) atoms. The van der Waals surface area contributed by atoms with Crippen molar-refractivity contribution in [1.29, 1.82) is 0 Å².